The predicted octanol–water partition coefficient (Wildman–Crippen LogP) is 7.61. The van der Waals surface area contributed by atoms with Gasteiger partial charge in [-0.25, -0.2) is 4.57 Å². The number of hydrogen-bond donors (Lipinski definition) is 0. The van der Waals surface area contributed by atoms with Crippen LogP contribution in [0.25, 0.3) is 43.6 Å². The minimum absolute atomic E-state index is 0.661. The minimum atomic E-state index is 0.661. The van der Waals surface area contributed by atoms with Crippen LogP contribution >= 0.6 is 11.8 Å². The lowest BCUT2D eigenvalue weighted by molar-refractivity contribution is -0.659. The number of aromatic nitrogens is 1. The molecule has 1 aliphatic heterocycles. The van der Waals surface area contributed by atoms with Gasteiger partial charge in [-0.2, -0.15) is 0 Å². The normalized spacial score (nSPS) is 12.8. The van der Waals surface area contributed by atoms with Crippen LogP contribution in [0.1, 0.15) is 25.0 Å². The molecule has 0 amide bonds. The van der Waals surface area contributed by atoms with Crippen LogP contribution in [0.15, 0.2) is 76.7 Å². The molecule has 0 saturated heterocycles. The SMILES string of the molecule is Cc1c2c(cc3ccccc13)Sc1cc3ccc(CC(C)C)cc3c3cc[n+](C)c-2c13. The molecule has 31 heavy (non-hydrogen) atoms. The van der Waals surface area contributed by atoms with E-state index in [0.717, 1.165) is 6.42 Å². The van der Waals surface area contributed by atoms with Crippen molar-refractivity contribution in [3.63, 3.8) is 0 Å². The standard InChI is InChI=1S/C29H26NS/c1-17(2)13-19-9-10-21-16-26-28-23(24(21)14-19)11-12-30(4)29(28)27-18(3)22-8-6-5-7-20(22)15-25(27)31-26/h5-12,14-17H,13H2,1-4H3/q+1. The average Bonchev–Trinajstić information content (AvgIpc) is 2.75. The highest BCUT2D eigenvalue weighted by molar-refractivity contribution is 7.99. The van der Waals surface area contributed by atoms with Gasteiger partial charge in [0, 0.05) is 21.2 Å². The van der Waals surface area contributed by atoms with E-state index >= 15 is 0 Å². The van der Waals surface area contributed by atoms with Gasteiger partial charge in [-0.1, -0.05) is 68.1 Å². The molecule has 1 nitrogen and oxygen atoms in total. The van der Waals surface area contributed by atoms with E-state index in [0.29, 0.717) is 5.92 Å². The summed E-state index contributed by atoms with van der Waals surface area (Å²) in [6.07, 6.45) is 3.36. The molecule has 0 bridgehead atoms. The lowest BCUT2D eigenvalue weighted by atomic mass is 9.92. The molecule has 0 radical (unpaired) electrons. The van der Waals surface area contributed by atoms with E-state index in [9.17, 15) is 0 Å². The minimum Gasteiger partial charge on any atom is -0.200 e. The molecule has 0 N–H and O–H groups in total. The molecule has 6 rings (SSSR count). The topological polar surface area (TPSA) is 3.88 Å². The highest BCUT2D eigenvalue weighted by Crippen LogP contribution is 2.50. The Bertz CT molecular complexity index is 1530. The molecule has 5 aromatic rings. The third-order valence-electron chi connectivity index (χ3n) is 6.64. The Balaban J connectivity index is 1.73. The Morgan fingerprint density at radius 1 is 0.839 bits per heavy atom. The third-order valence-corrected chi connectivity index (χ3v) is 7.72. The van der Waals surface area contributed by atoms with Crippen molar-refractivity contribution in [3.05, 3.63) is 78.0 Å². The second-order valence-electron chi connectivity index (χ2n) is 9.29. The smallest absolute Gasteiger partial charge is 0.200 e. The molecular formula is C29H26NS+. The number of benzene rings is 4. The first-order chi connectivity index (χ1) is 15.0. The molecule has 2 heteroatoms. The monoisotopic (exact) mass is 420 g/mol. The maximum Gasteiger partial charge on any atom is 0.222 e. The fourth-order valence-corrected chi connectivity index (χ4v) is 6.54. The van der Waals surface area contributed by atoms with Crippen molar-refractivity contribution >= 4 is 44.1 Å². The first-order valence-electron chi connectivity index (χ1n) is 11.1. The van der Waals surface area contributed by atoms with Crippen molar-refractivity contribution < 1.29 is 4.57 Å². The van der Waals surface area contributed by atoms with Gasteiger partial charge in [-0.3, -0.25) is 0 Å². The predicted molar refractivity (Wildman–Crippen MR) is 133 cm³/mol. The Hall–Kier alpha value is -2.84. The number of fused-ring (bicyclic) bond motifs is 5. The summed E-state index contributed by atoms with van der Waals surface area (Å²) in [6, 6.07) is 22.9. The summed E-state index contributed by atoms with van der Waals surface area (Å²) in [7, 11) is 2.19. The highest BCUT2D eigenvalue weighted by Gasteiger charge is 2.29. The number of pyridine rings is 1. The number of hydrogen-bond acceptors (Lipinski definition) is 1. The fraction of sp³-hybridized carbons (Fsp3) is 0.207. The summed E-state index contributed by atoms with van der Waals surface area (Å²) in [4.78, 5) is 2.73. The molecule has 152 valence electrons. The summed E-state index contributed by atoms with van der Waals surface area (Å²) in [5.41, 5.74) is 5.55. The van der Waals surface area contributed by atoms with E-state index in [2.05, 4.69) is 99.2 Å². The van der Waals surface area contributed by atoms with Crippen molar-refractivity contribution in [2.75, 3.05) is 0 Å². The molecule has 4 aromatic carbocycles. The largest absolute Gasteiger partial charge is 0.222 e. The Labute approximate surface area is 187 Å². The second-order valence-corrected chi connectivity index (χ2v) is 10.4. The maximum absolute atomic E-state index is 2.42. The van der Waals surface area contributed by atoms with Gasteiger partial charge in [0.25, 0.3) is 0 Å². The van der Waals surface area contributed by atoms with Crippen molar-refractivity contribution in [2.45, 2.75) is 37.0 Å². The summed E-state index contributed by atoms with van der Waals surface area (Å²) in [6.45, 7) is 6.87. The van der Waals surface area contributed by atoms with Crippen LogP contribution in [-0.4, -0.2) is 0 Å². The van der Waals surface area contributed by atoms with Crippen LogP contribution in [-0.2, 0) is 13.5 Å². The number of rotatable bonds is 2. The van der Waals surface area contributed by atoms with Gasteiger partial charge in [-0.05, 0) is 64.1 Å². The van der Waals surface area contributed by atoms with Crippen LogP contribution in [0.2, 0.25) is 0 Å². The van der Waals surface area contributed by atoms with Crippen molar-refractivity contribution in [2.24, 2.45) is 13.0 Å². The lowest BCUT2D eigenvalue weighted by Gasteiger charge is -2.22. The molecule has 0 fully saturated rings. The van der Waals surface area contributed by atoms with Crippen LogP contribution in [0, 0.1) is 12.8 Å². The first-order valence-corrected chi connectivity index (χ1v) is 11.9. The molecule has 0 aliphatic carbocycles. The van der Waals surface area contributed by atoms with Gasteiger partial charge < -0.3 is 0 Å². The molecule has 0 atom stereocenters. The lowest BCUT2D eigenvalue weighted by Crippen LogP contribution is -2.31. The highest BCUT2D eigenvalue weighted by atomic mass is 32.2. The van der Waals surface area contributed by atoms with E-state index in [-0.39, 0.29) is 0 Å². The second kappa shape index (κ2) is 6.83. The van der Waals surface area contributed by atoms with E-state index in [4.69, 9.17) is 0 Å². The average molecular weight is 421 g/mol. The van der Waals surface area contributed by atoms with E-state index in [1.807, 2.05) is 11.8 Å². The summed E-state index contributed by atoms with van der Waals surface area (Å²) in [5.74, 6) is 0.661. The van der Waals surface area contributed by atoms with Gasteiger partial charge >= 0.3 is 0 Å². The molecule has 0 saturated carbocycles. The maximum atomic E-state index is 2.42. The van der Waals surface area contributed by atoms with Gasteiger partial charge in [0.15, 0.2) is 6.20 Å². The summed E-state index contributed by atoms with van der Waals surface area (Å²) >= 11 is 1.93. The molecule has 1 aromatic heterocycles. The molecule has 2 heterocycles. The van der Waals surface area contributed by atoms with Gasteiger partial charge in [-0.15, -0.1) is 0 Å². The zero-order valence-corrected chi connectivity index (χ0v) is 19.3. The fourth-order valence-electron chi connectivity index (χ4n) is 5.27. The van der Waals surface area contributed by atoms with E-state index < -0.39 is 0 Å². The Morgan fingerprint density at radius 2 is 1.61 bits per heavy atom. The molecule has 1 aliphatic rings. The van der Waals surface area contributed by atoms with E-state index in [1.165, 1.54) is 64.5 Å². The number of nitrogens with zero attached hydrogens (tertiary/aromatic N) is 1. The third kappa shape index (κ3) is 2.81. The molecule has 0 spiro atoms. The Kier molecular flexibility index (Phi) is 4.16. The van der Waals surface area contributed by atoms with Crippen molar-refractivity contribution in [1.29, 1.82) is 0 Å². The van der Waals surface area contributed by atoms with E-state index in [1.54, 1.807) is 0 Å². The van der Waals surface area contributed by atoms with Crippen LogP contribution in [0.5, 0.6) is 0 Å². The van der Waals surface area contributed by atoms with Crippen LogP contribution in [0.4, 0.5) is 0 Å². The zero-order chi connectivity index (χ0) is 21.3. The van der Waals surface area contributed by atoms with Crippen molar-refractivity contribution in [3.8, 4) is 11.3 Å². The molecular weight excluding hydrogens is 394 g/mol. The first kappa shape index (κ1) is 18.9. The van der Waals surface area contributed by atoms with Crippen LogP contribution < -0.4 is 4.57 Å². The zero-order valence-electron chi connectivity index (χ0n) is 18.5. The van der Waals surface area contributed by atoms with Crippen molar-refractivity contribution in [1.82, 2.24) is 0 Å². The summed E-state index contributed by atoms with van der Waals surface area (Å²) < 4.78 is 2.32. The number of aryl methyl sites for hydroxylation is 2. The quantitative estimate of drug-likeness (QED) is 0.206. The Morgan fingerprint density at radius 3 is 2.45 bits per heavy atom. The summed E-state index contributed by atoms with van der Waals surface area (Å²) in [5, 5.41) is 8.16. The van der Waals surface area contributed by atoms with Gasteiger partial charge in [0.2, 0.25) is 5.69 Å². The van der Waals surface area contributed by atoms with Gasteiger partial charge in [0.1, 0.15) is 7.05 Å². The van der Waals surface area contributed by atoms with Gasteiger partial charge in [0.05, 0.1) is 10.9 Å². The molecule has 0 unspecified atom stereocenters. The van der Waals surface area contributed by atoms with Crippen LogP contribution in [0.3, 0.4) is 0 Å².